The van der Waals surface area contributed by atoms with Gasteiger partial charge in [-0.05, 0) is 58.4 Å². The van der Waals surface area contributed by atoms with Crippen LogP contribution in [0.3, 0.4) is 0 Å². The van der Waals surface area contributed by atoms with Crippen molar-refractivity contribution in [1.29, 1.82) is 0 Å². The van der Waals surface area contributed by atoms with E-state index >= 15 is 0 Å². The molecule has 98 valence electrons. The zero-order valence-electron chi connectivity index (χ0n) is 11.3. The van der Waals surface area contributed by atoms with E-state index in [0.29, 0.717) is 6.04 Å². The highest BCUT2D eigenvalue weighted by Crippen LogP contribution is 2.39. The van der Waals surface area contributed by atoms with Crippen LogP contribution in [0.1, 0.15) is 45.4 Å². The average Bonchev–Trinajstić information content (AvgIpc) is 2.53. The van der Waals surface area contributed by atoms with Crippen LogP contribution in [0.5, 0.6) is 0 Å². The van der Waals surface area contributed by atoms with Crippen molar-refractivity contribution in [2.75, 3.05) is 7.05 Å². The van der Waals surface area contributed by atoms with Crippen molar-refractivity contribution in [2.45, 2.75) is 63.6 Å². The Labute approximate surface area is 105 Å². The van der Waals surface area contributed by atoms with Gasteiger partial charge in [0.05, 0.1) is 0 Å². The number of fused-ring (bicyclic) bond motifs is 2. The molecule has 17 heavy (non-hydrogen) atoms. The third kappa shape index (κ3) is 2.90. The normalized spacial score (nSPS) is 34.9. The molecule has 3 unspecified atom stereocenters. The summed E-state index contributed by atoms with van der Waals surface area (Å²) in [7, 11) is 2.29. The van der Waals surface area contributed by atoms with Crippen LogP contribution in [0.4, 0.5) is 0 Å². The van der Waals surface area contributed by atoms with Gasteiger partial charge in [0, 0.05) is 18.1 Å². The van der Waals surface area contributed by atoms with E-state index in [1.165, 1.54) is 31.3 Å². The van der Waals surface area contributed by atoms with Gasteiger partial charge in [-0.15, -0.1) is 6.58 Å². The second-order valence-corrected chi connectivity index (χ2v) is 6.05. The summed E-state index contributed by atoms with van der Waals surface area (Å²) in [6.45, 7) is 6.09. The van der Waals surface area contributed by atoms with Crippen molar-refractivity contribution in [2.24, 2.45) is 11.8 Å². The van der Waals surface area contributed by atoms with Gasteiger partial charge in [-0.1, -0.05) is 5.57 Å². The minimum Gasteiger partial charge on any atom is -0.300 e. The summed E-state index contributed by atoms with van der Waals surface area (Å²) in [5.41, 5.74) is 4.32. The molecule has 2 rings (SSSR count). The SMILES string of the molecule is C=C(C)CCC(NN)C1CC2CCC(C1)N2C. The van der Waals surface area contributed by atoms with Crippen molar-refractivity contribution < 1.29 is 0 Å². The van der Waals surface area contributed by atoms with Crippen LogP contribution in [0.2, 0.25) is 0 Å². The van der Waals surface area contributed by atoms with Gasteiger partial charge in [0.1, 0.15) is 0 Å². The predicted molar refractivity (Wildman–Crippen MR) is 72.5 cm³/mol. The average molecular weight is 237 g/mol. The molecule has 3 nitrogen and oxygen atoms in total. The molecule has 2 aliphatic heterocycles. The van der Waals surface area contributed by atoms with Gasteiger partial charge in [-0.25, -0.2) is 0 Å². The highest BCUT2D eigenvalue weighted by Gasteiger charge is 2.40. The van der Waals surface area contributed by atoms with Crippen LogP contribution in [0.25, 0.3) is 0 Å². The number of nitrogens with one attached hydrogen (secondary N) is 1. The van der Waals surface area contributed by atoms with Crippen molar-refractivity contribution >= 4 is 0 Å². The summed E-state index contributed by atoms with van der Waals surface area (Å²) in [6, 6.07) is 2.09. The van der Waals surface area contributed by atoms with Crippen LogP contribution < -0.4 is 11.3 Å². The molecule has 0 spiro atoms. The maximum atomic E-state index is 5.74. The largest absolute Gasteiger partial charge is 0.300 e. The van der Waals surface area contributed by atoms with Crippen LogP contribution >= 0.6 is 0 Å². The smallest absolute Gasteiger partial charge is 0.0243 e. The molecular weight excluding hydrogens is 210 g/mol. The molecule has 2 heterocycles. The van der Waals surface area contributed by atoms with Gasteiger partial charge in [-0.2, -0.15) is 0 Å². The van der Waals surface area contributed by atoms with Crippen molar-refractivity contribution in [3.05, 3.63) is 12.2 Å². The summed E-state index contributed by atoms with van der Waals surface area (Å²) in [5.74, 6) is 6.50. The van der Waals surface area contributed by atoms with Crippen LogP contribution in [0, 0.1) is 5.92 Å². The van der Waals surface area contributed by atoms with Gasteiger partial charge in [0.25, 0.3) is 0 Å². The minimum absolute atomic E-state index is 0.475. The molecule has 0 radical (unpaired) electrons. The number of hydrogen-bond donors (Lipinski definition) is 2. The molecule has 3 N–H and O–H groups in total. The van der Waals surface area contributed by atoms with Crippen molar-refractivity contribution in [3.63, 3.8) is 0 Å². The molecule has 0 saturated carbocycles. The molecule has 2 bridgehead atoms. The van der Waals surface area contributed by atoms with Gasteiger partial charge >= 0.3 is 0 Å². The van der Waals surface area contributed by atoms with Gasteiger partial charge in [-0.3, -0.25) is 11.3 Å². The molecule has 0 amide bonds. The second kappa shape index (κ2) is 5.51. The van der Waals surface area contributed by atoms with Gasteiger partial charge < -0.3 is 4.90 Å². The Bertz CT molecular complexity index is 263. The van der Waals surface area contributed by atoms with E-state index in [4.69, 9.17) is 5.84 Å². The Morgan fingerprint density at radius 3 is 2.47 bits per heavy atom. The number of hydrogen-bond acceptors (Lipinski definition) is 3. The number of rotatable bonds is 5. The van der Waals surface area contributed by atoms with E-state index in [0.717, 1.165) is 30.8 Å². The zero-order valence-corrected chi connectivity index (χ0v) is 11.3. The Hall–Kier alpha value is -0.380. The number of hydrazine groups is 1. The highest BCUT2D eigenvalue weighted by atomic mass is 15.2. The van der Waals surface area contributed by atoms with E-state index in [-0.39, 0.29) is 0 Å². The van der Waals surface area contributed by atoms with Crippen molar-refractivity contribution in [1.82, 2.24) is 10.3 Å². The Morgan fingerprint density at radius 2 is 2.00 bits per heavy atom. The number of piperidine rings is 1. The lowest BCUT2D eigenvalue weighted by molar-refractivity contribution is 0.110. The Morgan fingerprint density at radius 1 is 1.41 bits per heavy atom. The van der Waals surface area contributed by atoms with E-state index in [1.54, 1.807) is 0 Å². The lowest BCUT2D eigenvalue weighted by atomic mass is 9.83. The molecule has 0 aliphatic carbocycles. The fourth-order valence-corrected chi connectivity index (χ4v) is 3.64. The Balaban J connectivity index is 1.90. The predicted octanol–water partition coefficient (Wildman–Crippen LogP) is 2.05. The number of nitrogens with two attached hydrogens (primary N) is 1. The molecule has 2 aliphatic rings. The molecular formula is C14H27N3. The maximum Gasteiger partial charge on any atom is 0.0243 e. The fourth-order valence-electron chi connectivity index (χ4n) is 3.64. The minimum atomic E-state index is 0.475. The topological polar surface area (TPSA) is 41.3 Å². The summed E-state index contributed by atoms with van der Waals surface area (Å²) in [4.78, 5) is 2.59. The fraction of sp³-hybridized carbons (Fsp3) is 0.857. The van der Waals surface area contributed by atoms with Crippen molar-refractivity contribution in [3.8, 4) is 0 Å². The standard InChI is InChI=1S/C14H27N3/c1-10(2)4-7-14(16-15)11-8-12-5-6-13(9-11)17(12)3/h11-14,16H,1,4-9,15H2,2-3H3. The highest BCUT2D eigenvalue weighted by molar-refractivity contribution is 4.97. The van der Waals surface area contributed by atoms with E-state index in [2.05, 4.69) is 30.9 Å². The quantitative estimate of drug-likeness (QED) is 0.437. The van der Waals surface area contributed by atoms with Crippen LogP contribution in [-0.2, 0) is 0 Å². The molecule has 0 aromatic carbocycles. The number of nitrogens with zero attached hydrogens (tertiary/aromatic N) is 1. The van der Waals surface area contributed by atoms with Crippen LogP contribution in [0.15, 0.2) is 12.2 Å². The lowest BCUT2D eigenvalue weighted by Crippen LogP contribution is -2.48. The molecule has 3 heteroatoms. The third-order valence-corrected chi connectivity index (χ3v) is 4.80. The first kappa shape index (κ1) is 13.1. The number of allylic oxidation sites excluding steroid dienone is 1. The van der Waals surface area contributed by atoms with Crippen LogP contribution in [-0.4, -0.2) is 30.1 Å². The molecule has 0 aromatic rings. The monoisotopic (exact) mass is 237 g/mol. The first-order chi connectivity index (χ1) is 8.11. The third-order valence-electron chi connectivity index (χ3n) is 4.80. The molecule has 0 aromatic heterocycles. The first-order valence-electron chi connectivity index (χ1n) is 6.94. The van der Waals surface area contributed by atoms with E-state index in [9.17, 15) is 0 Å². The molecule has 2 fully saturated rings. The summed E-state index contributed by atoms with van der Waals surface area (Å²) in [5, 5.41) is 0. The Kier molecular flexibility index (Phi) is 4.23. The second-order valence-electron chi connectivity index (χ2n) is 6.05. The summed E-state index contributed by atoms with van der Waals surface area (Å²) >= 11 is 0. The van der Waals surface area contributed by atoms with Gasteiger partial charge in [0.2, 0.25) is 0 Å². The molecule has 2 saturated heterocycles. The maximum absolute atomic E-state index is 5.74. The molecule has 3 atom stereocenters. The zero-order chi connectivity index (χ0) is 12.4. The van der Waals surface area contributed by atoms with E-state index in [1.807, 2.05) is 0 Å². The lowest BCUT2D eigenvalue weighted by Gasteiger charge is -2.39. The summed E-state index contributed by atoms with van der Waals surface area (Å²) in [6.07, 6.45) is 7.64. The summed E-state index contributed by atoms with van der Waals surface area (Å²) < 4.78 is 0. The van der Waals surface area contributed by atoms with Gasteiger partial charge in [0.15, 0.2) is 0 Å². The first-order valence-corrected chi connectivity index (χ1v) is 6.94. The van der Waals surface area contributed by atoms with E-state index < -0.39 is 0 Å².